The zero-order chi connectivity index (χ0) is 14.7. The molecule has 6 heteroatoms. The Morgan fingerprint density at radius 2 is 2.30 bits per heavy atom. The van der Waals surface area contributed by atoms with Crippen molar-refractivity contribution in [2.24, 2.45) is 11.7 Å². The predicted octanol–water partition coefficient (Wildman–Crippen LogP) is 1.69. The number of carbonyl (C=O) groups is 1. The molecule has 0 saturated carbocycles. The van der Waals surface area contributed by atoms with Crippen molar-refractivity contribution in [2.45, 2.75) is 19.4 Å². The number of nitrogens with two attached hydrogens (primary N) is 1. The fourth-order valence-electron chi connectivity index (χ4n) is 2.33. The van der Waals surface area contributed by atoms with Crippen LogP contribution in [0.1, 0.15) is 18.9 Å². The van der Waals surface area contributed by atoms with E-state index in [1.165, 1.54) is 7.11 Å². The largest absolute Gasteiger partial charge is 0.495 e. The minimum absolute atomic E-state index is 0.0852. The molecule has 108 valence electrons. The smallest absolute Gasteiger partial charge is 0.230 e. The van der Waals surface area contributed by atoms with Crippen molar-refractivity contribution in [1.82, 2.24) is 0 Å². The van der Waals surface area contributed by atoms with Gasteiger partial charge in [0, 0.05) is 12.2 Å². The molecule has 3 N–H and O–H groups in total. The molecular formula is C14H18N2O3S. The van der Waals surface area contributed by atoms with Gasteiger partial charge in [0.25, 0.3) is 0 Å². The van der Waals surface area contributed by atoms with Gasteiger partial charge in [-0.2, -0.15) is 0 Å². The van der Waals surface area contributed by atoms with E-state index < -0.39 is 0 Å². The van der Waals surface area contributed by atoms with Crippen molar-refractivity contribution in [1.29, 1.82) is 0 Å². The lowest BCUT2D eigenvalue weighted by molar-refractivity contribution is -0.121. The second-order valence-electron chi connectivity index (χ2n) is 4.71. The molecule has 5 nitrogen and oxygen atoms in total. The van der Waals surface area contributed by atoms with E-state index in [4.69, 9.17) is 27.4 Å². The summed E-state index contributed by atoms with van der Waals surface area (Å²) in [7, 11) is 1.54. The molecule has 2 atom stereocenters. The monoisotopic (exact) mass is 294 g/mol. The maximum atomic E-state index is 12.3. The summed E-state index contributed by atoms with van der Waals surface area (Å²) in [6.07, 6.45) is 0.628. The Kier molecular flexibility index (Phi) is 4.57. The van der Waals surface area contributed by atoms with E-state index in [1.807, 2.05) is 6.92 Å². The molecule has 0 radical (unpaired) electrons. The summed E-state index contributed by atoms with van der Waals surface area (Å²) in [6, 6.07) is 5.30. The molecule has 0 aromatic heterocycles. The van der Waals surface area contributed by atoms with Crippen molar-refractivity contribution >= 4 is 28.8 Å². The Bertz CT molecular complexity index is 533. The van der Waals surface area contributed by atoms with Gasteiger partial charge in [-0.3, -0.25) is 4.79 Å². The zero-order valence-electron chi connectivity index (χ0n) is 11.5. The van der Waals surface area contributed by atoms with Gasteiger partial charge in [0.05, 0.1) is 24.8 Å². The highest BCUT2D eigenvalue weighted by Crippen LogP contribution is 2.30. The van der Waals surface area contributed by atoms with Gasteiger partial charge in [-0.05, 0) is 25.5 Å². The zero-order valence-corrected chi connectivity index (χ0v) is 12.3. The second-order valence-corrected chi connectivity index (χ2v) is 5.15. The highest BCUT2D eigenvalue weighted by atomic mass is 32.1. The Morgan fingerprint density at radius 1 is 1.55 bits per heavy atom. The summed E-state index contributed by atoms with van der Waals surface area (Å²) in [4.78, 5) is 12.6. The maximum absolute atomic E-state index is 12.3. The predicted molar refractivity (Wildman–Crippen MR) is 81.0 cm³/mol. The van der Waals surface area contributed by atoms with Gasteiger partial charge >= 0.3 is 0 Å². The first kappa shape index (κ1) is 14.7. The van der Waals surface area contributed by atoms with Crippen LogP contribution in [0.3, 0.4) is 0 Å². The van der Waals surface area contributed by atoms with Crippen LogP contribution < -0.4 is 15.8 Å². The molecule has 0 bridgehead atoms. The van der Waals surface area contributed by atoms with Gasteiger partial charge in [0.1, 0.15) is 10.7 Å². The summed E-state index contributed by atoms with van der Waals surface area (Å²) in [5, 5.41) is 2.87. The highest BCUT2D eigenvalue weighted by molar-refractivity contribution is 7.80. The van der Waals surface area contributed by atoms with Crippen LogP contribution in [0.4, 0.5) is 5.69 Å². The Hall–Kier alpha value is -1.66. The first-order valence-electron chi connectivity index (χ1n) is 6.44. The topological polar surface area (TPSA) is 73.6 Å². The normalized spacial score (nSPS) is 21.5. The standard InChI is InChI=1S/C14H18N2O3S/c1-8-9(6-7-19-8)14(17)16-12-10(13(15)20)4-3-5-11(12)18-2/h3-5,8-9H,6-7H2,1-2H3,(H2,15,20)(H,16,17). The average molecular weight is 294 g/mol. The van der Waals surface area contributed by atoms with Crippen LogP contribution in [-0.4, -0.2) is 30.7 Å². The third-order valence-electron chi connectivity index (χ3n) is 3.47. The summed E-state index contributed by atoms with van der Waals surface area (Å²) >= 11 is 5.01. The average Bonchev–Trinajstić information content (AvgIpc) is 2.85. The van der Waals surface area contributed by atoms with Crippen molar-refractivity contribution in [3.8, 4) is 5.75 Å². The van der Waals surface area contributed by atoms with Crippen LogP contribution in [0.5, 0.6) is 5.75 Å². The maximum Gasteiger partial charge on any atom is 0.230 e. The summed E-state index contributed by atoms with van der Waals surface area (Å²) < 4.78 is 10.7. The van der Waals surface area contributed by atoms with E-state index in [2.05, 4.69) is 5.32 Å². The quantitative estimate of drug-likeness (QED) is 0.827. The second kappa shape index (κ2) is 6.19. The molecule has 2 unspecified atom stereocenters. The number of thiocarbonyl (C=S) groups is 1. The molecule has 1 aromatic carbocycles. The molecule has 1 aromatic rings. The number of amides is 1. The van der Waals surface area contributed by atoms with Crippen molar-refractivity contribution in [3.05, 3.63) is 23.8 Å². The number of nitrogens with one attached hydrogen (secondary N) is 1. The van der Waals surface area contributed by atoms with E-state index in [0.717, 1.165) is 0 Å². The van der Waals surface area contributed by atoms with E-state index in [1.54, 1.807) is 18.2 Å². The van der Waals surface area contributed by atoms with Crippen LogP contribution in [0.2, 0.25) is 0 Å². The lowest BCUT2D eigenvalue weighted by Crippen LogP contribution is -2.29. The van der Waals surface area contributed by atoms with Crippen molar-refractivity contribution < 1.29 is 14.3 Å². The van der Waals surface area contributed by atoms with Crippen LogP contribution in [0.25, 0.3) is 0 Å². The van der Waals surface area contributed by atoms with Crippen molar-refractivity contribution in [3.63, 3.8) is 0 Å². The van der Waals surface area contributed by atoms with Crippen LogP contribution in [0.15, 0.2) is 18.2 Å². The van der Waals surface area contributed by atoms with E-state index in [0.29, 0.717) is 30.0 Å². The van der Waals surface area contributed by atoms with E-state index in [-0.39, 0.29) is 22.9 Å². The molecule has 1 amide bonds. The fraction of sp³-hybridized carbons (Fsp3) is 0.429. The number of para-hydroxylation sites is 1. The molecule has 1 aliphatic rings. The minimum Gasteiger partial charge on any atom is -0.495 e. The van der Waals surface area contributed by atoms with Gasteiger partial charge in [0.2, 0.25) is 5.91 Å². The number of anilines is 1. The van der Waals surface area contributed by atoms with Gasteiger partial charge in [-0.1, -0.05) is 18.3 Å². The Morgan fingerprint density at radius 3 is 2.85 bits per heavy atom. The molecule has 0 spiro atoms. The Labute approximate surface area is 123 Å². The number of hydrogen-bond acceptors (Lipinski definition) is 4. The first-order chi connectivity index (χ1) is 9.54. The SMILES string of the molecule is COc1cccc(C(N)=S)c1NC(=O)C1CCOC1C. The molecule has 1 saturated heterocycles. The van der Waals surface area contributed by atoms with Crippen LogP contribution >= 0.6 is 12.2 Å². The van der Waals surface area contributed by atoms with E-state index >= 15 is 0 Å². The number of benzene rings is 1. The molecule has 1 fully saturated rings. The number of methoxy groups -OCH3 is 1. The molecule has 1 aliphatic heterocycles. The molecule has 0 aliphatic carbocycles. The first-order valence-corrected chi connectivity index (χ1v) is 6.84. The third kappa shape index (κ3) is 2.91. The van der Waals surface area contributed by atoms with Gasteiger partial charge in [-0.25, -0.2) is 0 Å². The number of hydrogen-bond donors (Lipinski definition) is 2. The number of carbonyl (C=O) groups excluding carboxylic acids is 1. The van der Waals surface area contributed by atoms with Gasteiger partial charge < -0.3 is 20.5 Å². The molecular weight excluding hydrogens is 276 g/mol. The van der Waals surface area contributed by atoms with Crippen LogP contribution in [0, 0.1) is 5.92 Å². The Balaban J connectivity index is 2.27. The number of ether oxygens (including phenoxy) is 2. The lowest BCUT2D eigenvalue weighted by Gasteiger charge is -2.18. The summed E-state index contributed by atoms with van der Waals surface area (Å²) in [5.74, 6) is 0.270. The summed E-state index contributed by atoms with van der Waals surface area (Å²) in [5.41, 5.74) is 6.81. The highest BCUT2D eigenvalue weighted by Gasteiger charge is 2.31. The minimum atomic E-state index is -0.167. The lowest BCUT2D eigenvalue weighted by atomic mass is 10.0. The van der Waals surface area contributed by atoms with Crippen molar-refractivity contribution in [2.75, 3.05) is 19.0 Å². The van der Waals surface area contributed by atoms with E-state index in [9.17, 15) is 4.79 Å². The van der Waals surface area contributed by atoms with Gasteiger partial charge in [0.15, 0.2) is 0 Å². The van der Waals surface area contributed by atoms with Crippen LogP contribution in [-0.2, 0) is 9.53 Å². The number of rotatable bonds is 4. The van der Waals surface area contributed by atoms with Gasteiger partial charge in [-0.15, -0.1) is 0 Å². The fourth-order valence-corrected chi connectivity index (χ4v) is 2.50. The molecule has 2 rings (SSSR count). The molecule has 20 heavy (non-hydrogen) atoms. The third-order valence-corrected chi connectivity index (χ3v) is 3.69. The molecule has 1 heterocycles. The summed E-state index contributed by atoms with van der Waals surface area (Å²) in [6.45, 7) is 2.50.